The fourth-order valence-electron chi connectivity index (χ4n) is 1.73. The van der Waals surface area contributed by atoms with E-state index in [1.165, 1.54) is 12.1 Å². The first-order chi connectivity index (χ1) is 9.51. The summed E-state index contributed by atoms with van der Waals surface area (Å²) in [6.07, 6.45) is 0. The van der Waals surface area contributed by atoms with Crippen LogP contribution in [0.4, 0.5) is 15.8 Å². The molecule has 0 spiro atoms. The molecule has 0 heterocycles. The second kappa shape index (κ2) is 6.07. The summed E-state index contributed by atoms with van der Waals surface area (Å²) in [6.45, 7) is 0. The van der Waals surface area contributed by atoms with Crippen molar-refractivity contribution in [2.75, 3.05) is 12.4 Å². The minimum atomic E-state index is -0.397. The molecule has 0 fully saturated rings. The summed E-state index contributed by atoms with van der Waals surface area (Å²) in [6, 6.07) is 9.41. The Morgan fingerprint density at radius 3 is 2.65 bits per heavy atom. The van der Waals surface area contributed by atoms with Gasteiger partial charge < -0.3 is 15.8 Å². The molecule has 0 aliphatic carbocycles. The van der Waals surface area contributed by atoms with Crippen LogP contribution < -0.4 is 15.8 Å². The van der Waals surface area contributed by atoms with Gasteiger partial charge >= 0.3 is 0 Å². The minimum absolute atomic E-state index is 0.117. The van der Waals surface area contributed by atoms with Gasteiger partial charge in [0.25, 0.3) is 0 Å². The summed E-state index contributed by atoms with van der Waals surface area (Å²) in [4.78, 5) is 0.117. The number of nitrogens with two attached hydrogens (primary N) is 1. The van der Waals surface area contributed by atoms with Gasteiger partial charge in [0.15, 0.2) is 0 Å². The molecule has 0 aromatic heterocycles. The molecule has 0 radical (unpaired) electrons. The maximum atomic E-state index is 13.2. The highest BCUT2D eigenvalue weighted by atomic mass is 35.5. The second-order valence-electron chi connectivity index (χ2n) is 4.03. The maximum Gasteiger partial charge on any atom is 0.137 e. The van der Waals surface area contributed by atoms with Crippen LogP contribution in [-0.4, -0.2) is 12.1 Å². The van der Waals surface area contributed by atoms with Crippen LogP contribution in [0.5, 0.6) is 5.75 Å². The van der Waals surface area contributed by atoms with Gasteiger partial charge in [0, 0.05) is 16.9 Å². The first kappa shape index (κ1) is 14.6. The summed E-state index contributed by atoms with van der Waals surface area (Å²) in [5.41, 5.74) is 7.36. The first-order valence-electron chi connectivity index (χ1n) is 5.71. The van der Waals surface area contributed by atoms with Crippen LogP contribution >= 0.6 is 23.8 Å². The highest BCUT2D eigenvalue weighted by molar-refractivity contribution is 7.80. The highest BCUT2D eigenvalue weighted by Crippen LogP contribution is 2.29. The summed E-state index contributed by atoms with van der Waals surface area (Å²) in [5.74, 6) is 0.178. The number of rotatable bonds is 4. The molecular weight excluding hydrogens is 299 g/mol. The van der Waals surface area contributed by atoms with Crippen LogP contribution in [0.2, 0.25) is 5.02 Å². The SMILES string of the molecule is COc1ccc(Nc2ccc(F)cc2C(N)=S)cc1Cl. The highest BCUT2D eigenvalue weighted by Gasteiger charge is 2.08. The Morgan fingerprint density at radius 1 is 1.30 bits per heavy atom. The van der Waals surface area contributed by atoms with Gasteiger partial charge in [0.2, 0.25) is 0 Å². The van der Waals surface area contributed by atoms with E-state index in [0.29, 0.717) is 22.0 Å². The lowest BCUT2D eigenvalue weighted by atomic mass is 10.1. The Morgan fingerprint density at radius 2 is 2.05 bits per heavy atom. The predicted octanol–water partition coefficient (Wildman–Crippen LogP) is 3.87. The predicted molar refractivity (Wildman–Crippen MR) is 83.6 cm³/mol. The smallest absolute Gasteiger partial charge is 0.137 e. The van der Waals surface area contributed by atoms with E-state index in [1.54, 1.807) is 31.4 Å². The van der Waals surface area contributed by atoms with Crippen LogP contribution in [0, 0.1) is 5.82 Å². The molecule has 20 heavy (non-hydrogen) atoms. The van der Waals surface area contributed by atoms with Crippen LogP contribution in [0.1, 0.15) is 5.56 Å². The molecule has 0 aliphatic rings. The molecule has 0 aliphatic heterocycles. The average Bonchev–Trinajstić information content (AvgIpc) is 2.41. The van der Waals surface area contributed by atoms with E-state index in [4.69, 9.17) is 34.3 Å². The van der Waals surface area contributed by atoms with Crippen LogP contribution in [0.25, 0.3) is 0 Å². The van der Waals surface area contributed by atoms with Crippen molar-refractivity contribution >= 4 is 40.2 Å². The molecule has 104 valence electrons. The number of halogens is 2. The van der Waals surface area contributed by atoms with Gasteiger partial charge in [-0.2, -0.15) is 0 Å². The summed E-state index contributed by atoms with van der Waals surface area (Å²) < 4.78 is 18.3. The lowest BCUT2D eigenvalue weighted by molar-refractivity contribution is 0.415. The number of anilines is 2. The number of hydrogen-bond acceptors (Lipinski definition) is 3. The van der Waals surface area contributed by atoms with Gasteiger partial charge in [-0.3, -0.25) is 0 Å². The third-order valence-electron chi connectivity index (χ3n) is 2.68. The van der Waals surface area contributed by atoms with Crippen molar-refractivity contribution in [3.05, 3.63) is 52.8 Å². The summed E-state index contributed by atoms with van der Waals surface area (Å²) >= 11 is 11.0. The third kappa shape index (κ3) is 3.18. The van der Waals surface area contributed by atoms with Crippen molar-refractivity contribution in [3.63, 3.8) is 0 Å². The maximum absolute atomic E-state index is 13.2. The monoisotopic (exact) mass is 310 g/mol. The number of thiocarbonyl (C=S) groups is 1. The molecule has 3 nitrogen and oxygen atoms in total. The van der Waals surface area contributed by atoms with Crippen molar-refractivity contribution in [3.8, 4) is 5.75 Å². The van der Waals surface area contributed by atoms with E-state index >= 15 is 0 Å². The van der Waals surface area contributed by atoms with Crippen LogP contribution in [0.3, 0.4) is 0 Å². The van der Waals surface area contributed by atoms with E-state index in [9.17, 15) is 4.39 Å². The van der Waals surface area contributed by atoms with Gasteiger partial charge in [0.1, 0.15) is 16.6 Å². The zero-order valence-corrected chi connectivity index (χ0v) is 12.2. The minimum Gasteiger partial charge on any atom is -0.495 e. The zero-order chi connectivity index (χ0) is 14.7. The molecule has 6 heteroatoms. The van der Waals surface area contributed by atoms with Crippen molar-refractivity contribution < 1.29 is 9.13 Å². The Balaban J connectivity index is 2.35. The number of ether oxygens (including phenoxy) is 1. The molecule has 0 atom stereocenters. The van der Waals surface area contributed by atoms with Crippen molar-refractivity contribution in [2.45, 2.75) is 0 Å². The quantitative estimate of drug-likeness (QED) is 0.842. The van der Waals surface area contributed by atoms with Gasteiger partial charge in [-0.05, 0) is 36.4 Å². The van der Waals surface area contributed by atoms with Gasteiger partial charge in [0.05, 0.1) is 12.1 Å². The van der Waals surface area contributed by atoms with E-state index in [0.717, 1.165) is 5.69 Å². The van der Waals surface area contributed by atoms with Gasteiger partial charge in [-0.15, -0.1) is 0 Å². The van der Waals surface area contributed by atoms with E-state index in [-0.39, 0.29) is 4.99 Å². The zero-order valence-electron chi connectivity index (χ0n) is 10.6. The molecule has 0 bridgehead atoms. The average molecular weight is 311 g/mol. The molecular formula is C14H12ClFN2OS. The normalized spacial score (nSPS) is 10.2. The number of nitrogens with one attached hydrogen (secondary N) is 1. The Labute approximate surface area is 126 Å². The Kier molecular flexibility index (Phi) is 4.42. The fourth-order valence-corrected chi connectivity index (χ4v) is 2.16. The van der Waals surface area contributed by atoms with Crippen molar-refractivity contribution in [1.82, 2.24) is 0 Å². The molecule has 0 saturated carbocycles. The van der Waals surface area contributed by atoms with Crippen molar-refractivity contribution in [1.29, 1.82) is 0 Å². The molecule has 2 rings (SSSR count). The van der Waals surface area contributed by atoms with Crippen LogP contribution in [0.15, 0.2) is 36.4 Å². The summed E-state index contributed by atoms with van der Waals surface area (Å²) in [7, 11) is 1.54. The van der Waals surface area contributed by atoms with Crippen LogP contribution in [-0.2, 0) is 0 Å². The van der Waals surface area contributed by atoms with Gasteiger partial charge in [-0.25, -0.2) is 4.39 Å². The standard InChI is InChI=1S/C14H12ClFN2OS/c1-19-13-5-3-9(7-11(13)15)18-12-4-2-8(16)6-10(12)14(17)20/h2-7,18H,1H3,(H2,17,20). The van der Waals surface area contributed by atoms with Crippen molar-refractivity contribution in [2.24, 2.45) is 5.73 Å². The van der Waals surface area contributed by atoms with E-state index < -0.39 is 5.82 Å². The lowest BCUT2D eigenvalue weighted by Gasteiger charge is -2.12. The topological polar surface area (TPSA) is 47.3 Å². The molecule has 2 aromatic rings. The fraction of sp³-hybridized carbons (Fsp3) is 0.0714. The molecule has 3 N–H and O–H groups in total. The lowest BCUT2D eigenvalue weighted by Crippen LogP contribution is -2.12. The van der Waals surface area contributed by atoms with E-state index in [1.807, 2.05) is 0 Å². The van der Waals surface area contributed by atoms with E-state index in [2.05, 4.69) is 5.32 Å². The number of methoxy groups -OCH3 is 1. The first-order valence-corrected chi connectivity index (χ1v) is 6.50. The molecule has 0 saturated heterocycles. The molecule has 0 unspecified atom stereocenters. The largest absolute Gasteiger partial charge is 0.495 e. The van der Waals surface area contributed by atoms with Gasteiger partial charge in [-0.1, -0.05) is 23.8 Å². The Hall–Kier alpha value is -1.85. The molecule has 2 aromatic carbocycles. The second-order valence-corrected chi connectivity index (χ2v) is 4.88. The number of benzene rings is 2. The number of hydrogen-bond donors (Lipinski definition) is 2. The third-order valence-corrected chi connectivity index (χ3v) is 3.19. The molecule has 0 amide bonds. The summed E-state index contributed by atoms with van der Waals surface area (Å²) in [5, 5.41) is 3.57. The Bertz CT molecular complexity index is 664.